The zero-order valence-electron chi connectivity index (χ0n) is 15.2. The van der Waals surface area contributed by atoms with Gasteiger partial charge in [0.1, 0.15) is 11.6 Å². The number of aromatic nitrogens is 2. The van der Waals surface area contributed by atoms with Crippen LogP contribution in [-0.4, -0.2) is 41.0 Å². The number of hydrogen-bond donors (Lipinski definition) is 1. The minimum atomic E-state index is -4.57. The third-order valence-electron chi connectivity index (χ3n) is 4.85. The van der Waals surface area contributed by atoms with E-state index >= 15 is 0 Å². The fourth-order valence-electron chi connectivity index (χ4n) is 3.35. The molecule has 2 unspecified atom stereocenters. The molecule has 0 aliphatic carbocycles. The van der Waals surface area contributed by atoms with Crippen molar-refractivity contribution in [3.63, 3.8) is 0 Å². The Kier molecular flexibility index (Phi) is 5.64. The number of likely N-dealkylation sites (tertiary alicyclic amines) is 1. The van der Waals surface area contributed by atoms with E-state index in [1.54, 1.807) is 12.1 Å². The van der Waals surface area contributed by atoms with Gasteiger partial charge < -0.3 is 10.2 Å². The fraction of sp³-hybridized carbons (Fsp3) is 0.474. The van der Waals surface area contributed by atoms with Crippen LogP contribution in [-0.2, 0) is 12.6 Å². The molecule has 3 rings (SSSR count). The molecular formula is C19H22F4N4. The van der Waals surface area contributed by atoms with Gasteiger partial charge in [-0.3, -0.25) is 0 Å². The first kappa shape index (κ1) is 19.5. The second-order valence-corrected chi connectivity index (χ2v) is 7.13. The van der Waals surface area contributed by atoms with Crippen molar-refractivity contribution in [2.75, 3.05) is 25.5 Å². The molecule has 146 valence electrons. The molecular weight excluding hydrogens is 360 g/mol. The van der Waals surface area contributed by atoms with Crippen molar-refractivity contribution in [1.29, 1.82) is 0 Å². The molecule has 0 amide bonds. The number of halogens is 4. The van der Waals surface area contributed by atoms with E-state index in [-0.39, 0.29) is 18.2 Å². The number of piperidine rings is 1. The highest BCUT2D eigenvalue weighted by atomic mass is 19.4. The highest BCUT2D eigenvalue weighted by molar-refractivity contribution is 5.44. The van der Waals surface area contributed by atoms with Crippen LogP contribution in [0, 0.1) is 11.7 Å². The predicted octanol–water partition coefficient (Wildman–Crippen LogP) is 3.98. The molecule has 1 aliphatic heterocycles. The molecule has 0 saturated carbocycles. The molecule has 1 N–H and O–H groups in total. The summed E-state index contributed by atoms with van der Waals surface area (Å²) in [6.45, 7) is 3.91. The van der Waals surface area contributed by atoms with Crippen molar-refractivity contribution in [3.8, 4) is 0 Å². The van der Waals surface area contributed by atoms with Crippen LogP contribution in [0.2, 0.25) is 0 Å². The molecule has 0 spiro atoms. The molecule has 1 aliphatic rings. The number of rotatable bonds is 4. The van der Waals surface area contributed by atoms with Crippen LogP contribution in [0.1, 0.15) is 30.3 Å². The smallest absolute Gasteiger partial charge is 0.365 e. The first-order valence-corrected chi connectivity index (χ1v) is 8.85. The lowest BCUT2D eigenvalue weighted by Crippen LogP contribution is -2.43. The number of benzene rings is 1. The zero-order valence-corrected chi connectivity index (χ0v) is 15.2. The van der Waals surface area contributed by atoms with Gasteiger partial charge >= 0.3 is 6.18 Å². The molecule has 27 heavy (non-hydrogen) atoms. The van der Waals surface area contributed by atoms with E-state index in [0.717, 1.165) is 25.7 Å². The summed E-state index contributed by atoms with van der Waals surface area (Å²) in [5.74, 6) is 0.285. The maximum absolute atomic E-state index is 13.1. The lowest BCUT2D eigenvalue weighted by Gasteiger charge is -2.35. The van der Waals surface area contributed by atoms with Gasteiger partial charge in [-0.2, -0.15) is 13.2 Å². The largest absolute Gasteiger partial charge is 0.434 e. The van der Waals surface area contributed by atoms with E-state index in [9.17, 15) is 17.6 Å². The van der Waals surface area contributed by atoms with Crippen molar-refractivity contribution >= 4 is 5.82 Å². The highest BCUT2D eigenvalue weighted by Gasteiger charge is 2.34. The summed E-state index contributed by atoms with van der Waals surface area (Å²) < 4.78 is 52.3. The Morgan fingerprint density at radius 3 is 2.56 bits per heavy atom. The summed E-state index contributed by atoms with van der Waals surface area (Å²) >= 11 is 0. The Balaban J connectivity index is 1.88. The van der Waals surface area contributed by atoms with E-state index < -0.39 is 17.7 Å². The Bertz CT molecular complexity index is 776. The molecule has 1 saturated heterocycles. The van der Waals surface area contributed by atoms with Crippen LogP contribution in [0.4, 0.5) is 23.4 Å². The van der Waals surface area contributed by atoms with Crippen LogP contribution in [0.3, 0.4) is 0 Å². The van der Waals surface area contributed by atoms with Crippen molar-refractivity contribution in [3.05, 3.63) is 53.2 Å². The van der Waals surface area contributed by atoms with Gasteiger partial charge in [0.05, 0.1) is 11.9 Å². The second-order valence-electron chi connectivity index (χ2n) is 7.13. The van der Waals surface area contributed by atoms with Gasteiger partial charge in [-0.1, -0.05) is 19.1 Å². The summed E-state index contributed by atoms with van der Waals surface area (Å²) in [5.41, 5.74) is -0.145. The van der Waals surface area contributed by atoms with E-state index in [4.69, 9.17) is 0 Å². The van der Waals surface area contributed by atoms with Gasteiger partial charge in [0, 0.05) is 19.0 Å². The van der Waals surface area contributed by atoms with Gasteiger partial charge in [0.15, 0.2) is 5.69 Å². The van der Waals surface area contributed by atoms with Gasteiger partial charge in [0.25, 0.3) is 0 Å². The lowest BCUT2D eigenvalue weighted by atomic mass is 9.94. The maximum atomic E-state index is 13.1. The third-order valence-corrected chi connectivity index (χ3v) is 4.85. The predicted molar refractivity (Wildman–Crippen MR) is 94.9 cm³/mol. The van der Waals surface area contributed by atoms with Crippen molar-refractivity contribution in [2.45, 2.75) is 32.0 Å². The van der Waals surface area contributed by atoms with E-state index in [2.05, 4.69) is 27.1 Å². The van der Waals surface area contributed by atoms with Crippen LogP contribution in [0.5, 0.6) is 0 Å². The molecule has 8 heteroatoms. The minimum absolute atomic E-state index is 0.110. The number of nitrogens with zero attached hydrogens (tertiary/aromatic N) is 3. The standard InChI is InChI=1S/C19H22F4N4/c1-12-11-27(2)8-7-15(12)26-18-16(9-13-3-5-14(20)6-4-13)25-17(10-24-18)19(21,22)23/h3-6,10,12,15H,7-9,11H2,1-2H3,(H,24,26). The second kappa shape index (κ2) is 7.80. The summed E-state index contributed by atoms with van der Waals surface area (Å²) in [6, 6.07) is 5.75. The Hall–Kier alpha value is -2.22. The Labute approximate surface area is 155 Å². The average molecular weight is 382 g/mol. The molecule has 1 aromatic heterocycles. The van der Waals surface area contributed by atoms with Crippen LogP contribution in [0.25, 0.3) is 0 Å². The van der Waals surface area contributed by atoms with Gasteiger partial charge in [-0.15, -0.1) is 0 Å². The number of alkyl halides is 3. The number of nitrogens with one attached hydrogen (secondary N) is 1. The zero-order chi connectivity index (χ0) is 19.6. The first-order valence-electron chi connectivity index (χ1n) is 8.85. The molecule has 1 fully saturated rings. The Morgan fingerprint density at radius 2 is 1.93 bits per heavy atom. The SMILES string of the molecule is CC1CN(C)CCC1Nc1ncc(C(F)(F)F)nc1Cc1ccc(F)cc1. The molecule has 2 heterocycles. The van der Waals surface area contributed by atoms with E-state index in [1.807, 2.05) is 7.05 Å². The minimum Gasteiger partial charge on any atom is -0.365 e. The van der Waals surface area contributed by atoms with Gasteiger partial charge in [0.2, 0.25) is 0 Å². The summed E-state index contributed by atoms with van der Waals surface area (Å²) in [5, 5.41) is 3.29. The van der Waals surface area contributed by atoms with Crippen molar-refractivity contribution in [1.82, 2.24) is 14.9 Å². The molecule has 0 bridgehead atoms. The van der Waals surface area contributed by atoms with Crippen LogP contribution >= 0.6 is 0 Å². The van der Waals surface area contributed by atoms with Crippen LogP contribution in [0.15, 0.2) is 30.5 Å². The monoisotopic (exact) mass is 382 g/mol. The molecule has 0 radical (unpaired) electrons. The highest BCUT2D eigenvalue weighted by Crippen LogP contribution is 2.30. The molecule has 2 aromatic rings. The fourth-order valence-corrected chi connectivity index (χ4v) is 3.35. The van der Waals surface area contributed by atoms with Crippen molar-refractivity contribution in [2.24, 2.45) is 5.92 Å². The average Bonchev–Trinajstić information content (AvgIpc) is 2.59. The first-order chi connectivity index (χ1) is 12.7. The third kappa shape index (κ3) is 4.94. The van der Waals surface area contributed by atoms with E-state index in [1.165, 1.54) is 12.1 Å². The summed E-state index contributed by atoms with van der Waals surface area (Å²) in [7, 11) is 2.05. The van der Waals surface area contributed by atoms with Gasteiger partial charge in [-0.05, 0) is 43.6 Å². The normalized spacial score (nSPS) is 21.3. The summed E-state index contributed by atoms with van der Waals surface area (Å²) in [6.07, 6.45) is -2.79. The van der Waals surface area contributed by atoms with Gasteiger partial charge in [-0.25, -0.2) is 14.4 Å². The number of anilines is 1. The lowest BCUT2D eigenvalue weighted by molar-refractivity contribution is -0.141. The van der Waals surface area contributed by atoms with Crippen molar-refractivity contribution < 1.29 is 17.6 Å². The molecule has 4 nitrogen and oxygen atoms in total. The topological polar surface area (TPSA) is 41.0 Å². The van der Waals surface area contributed by atoms with E-state index in [0.29, 0.717) is 17.3 Å². The molecule has 1 aromatic carbocycles. The number of hydrogen-bond acceptors (Lipinski definition) is 4. The van der Waals surface area contributed by atoms with Crippen LogP contribution < -0.4 is 5.32 Å². The summed E-state index contributed by atoms with van der Waals surface area (Å²) in [4.78, 5) is 10.1. The quantitative estimate of drug-likeness (QED) is 0.813. The maximum Gasteiger partial charge on any atom is 0.434 e. The Morgan fingerprint density at radius 1 is 1.22 bits per heavy atom. The molecule has 2 atom stereocenters.